The van der Waals surface area contributed by atoms with Crippen molar-refractivity contribution >= 4 is 46.6 Å². The predicted molar refractivity (Wildman–Crippen MR) is 99.2 cm³/mol. The molecule has 0 saturated carbocycles. The van der Waals surface area contributed by atoms with Crippen molar-refractivity contribution in [3.63, 3.8) is 0 Å². The van der Waals surface area contributed by atoms with Gasteiger partial charge in [0.1, 0.15) is 0 Å². The number of hydrazine groups is 1. The van der Waals surface area contributed by atoms with E-state index in [-0.39, 0.29) is 11.0 Å². The summed E-state index contributed by atoms with van der Waals surface area (Å²) in [6.45, 7) is 1.99. The van der Waals surface area contributed by atoms with Crippen LogP contribution >= 0.6 is 23.8 Å². The molecule has 0 aliphatic heterocycles. The maximum Gasteiger partial charge on any atom is 0.262 e. The molecule has 0 heterocycles. The van der Waals surface area contributed by atoms with E-state index in [0.29, 0.717) is 5.02 Å². The summed E-state index contributed by atoms with van der Waals surface area (Å²) in [5.41, 5.74) is 7.95. The minimum atomic E-state index is -0.302. The van der Waals surface area contributed by atoms with Gasteiger partial charge < -0.3 is 5.32 Å². The monoisotopic (exact) mass is 345 g/mol. The lowest BCUT2D eigenvalue weighted by Crippen LogP contribution is -2.43. The summed E-state index contributed by atoms with van der Waals surface area (Å²) in [5, 5.41) is 3.79. The van der Waals surface area contributed by atoms with E-state index in [1.54, 1.807) is 24.3 Å². The van der Waals surface area contributed by atoms with Crippen molar-refractivity contribution in [2.24, 2.45) is 0 Å². The van der Waals surface area contributed by atoms with Crippen LogP contribution in [0.25, 0.3) is 6.08 Å². The predicted octanol–water partition coefficient (Wildman–Crippen LogP) is 3.68. The Hall–Kier alpha value is -2.37. The summed E-state index contributed by atoms with van der Waals surface area (Å²) >= 11 is 11.0. The van der Waals surface area contributed by atoms with E-state index >= 15 is 0 Å². The summed E-state index contributed by atoms with van der Waals surface area (Å²) in [4.78, 5) is 11.8. The maximum atomic E-state index is 11.8. The third kappa shape index (κ3) is 5.73. The molecule has 4 nitrogen and oxygen atoms in total. The zero-order valence-corrected chi connectivity index (χ0v) is 14.0. The lowest BCUT2D eigenvalue weighted by molar-refractivity contribution is -0.116. The fourth-order valence-corrected chi connectivity index (χ4v) is 2.19. The maximum absolute atomic E-state index is 11.8. The van der Waals surface area contributed by atoms with Gasteiger partial charge in [-0.25, -0.2) is 0 Å². The van der Waals surface area contributed by atoms with Crippen molar-refractivity contribution in [2.45, 2.75) is 6.92 Å². The largest absolute Gasteiger partial charge is 0.331 e. The highest BCUT2D eigenvalue weighted by Gasteiger charge is 2.00. The van der Waals surface area contributed by atoms with Crippen molar-refractivity contribution in [1.82, 2.24) is 10.9 Å². The first-order chi connectivity index (χ1) is 11.0. The van der Waals surface area contributed by atoms with Gasteiger partial charge in [-0.1, -0.05) is 41.9 Å². The highest BCUT2D eigenvalue weighted by molar-refractivity contribution is 7.80. The Kier molecular flexibility index (Phi) is 6.14. The lowest BCUT2D eigenvalue weighted by atomic mass is 10.1. The number of hydrogen-bond donors (Lipinski definition) is 3. The van der Waals surface area contributed by atoms with Crippen molar-refractivity contribution in [1.29, 1.82) is 0 Å². The third-order valence-electron chi connectivity index (χ3n) is 2.98. The molecule has 0 aromatic heterocycles. The van der Waals surface area contributed by atoms with E-state index in [4.69, 9.17) is 23.8 Å². The highest BCUT2D eigenvalue weighted by Crippen LogP contribution is 2.14. The van der Waals surface area contributed by atoms with Gasteiger partial charge in [0.25, 0.3) is 5.91 Å². The SMILES string of the molecule is Cc1ccccc1/C=C/C(=O)NNC(=S)Nc1cccc(Cl)c1. The van der Waals surface area contributed by atoms with E-state index in [0.717, 1.165) is 16.8 Å². The average Bonchev–Trinajstić information content (AvgIpc) is 2.52. The Bertz CT molecular complexity index is 746. The Morgan fingerprint density at radius 1 is 1.13 bits per heavy atom. The van der Waals surface area contributed by atoms with Crippen LogP contribution in [0.1, 0.15) is 11.1 Å². The van der Waals surface area contributed by atoms with Crippen LogP contribution in [-0.2, 0) is 4.79 Å². The van der Waals surface area contributed by atoms with Gasteiger partial charge in [-0.15, -0.1) is 0 Å². The quantitative estimate of drug-likeness (QED) is 0.451. The second-order valence-electron chi connectivity index (χ2n) is 4.77. The van der Waals surface area contributed by atoms with Gasteiger partial charge in [0, 0.05) is 16.8 Å². The molecule has 0 aliphatic rings. The Morgan fingerprint density at radius 3 is 2.65 bits per heavy atom. The number of amides is 1. The molecule has 0 bridgehead atoms. The zero-order valence-electron chi connectivity index (χ0n) is 12.5. The summed E-state index contributed by atoms with van der Waals surface area (Å²) in [6, 6.07) is 14.9. The number of rotatable bonds is 3. The normalized spacial score (nSPS) is 10.3. The van der Waals surface area contributed by atoms with Gasteiger partial charge in [0.2, 0.25) is 0 Å². The van der Waals surface area contributed by atoms with Gasteiger partial charge in [-0.2, -0.15) is 0 Å². The minimum absolute atomic E-state index is 0.268. The first kappa shape index (κ1) is 17.0. The van der Waals surface area contributed by atoms with Crippen LogP contribution < -0.4 is 16.2 Å². The molecule has 6 heteroatoms. The molecule has 1 amide bonds. The van der Waals surface area contributed by atoms with Crippen molar-refractivity contribution in [2.75, 3.05) is 5.32 Å². The number of hydrogen-bond acceptors (Lipinski definition) is 2. The van der Waals surface area contributed by atoms with Gasteiger partial charge >= 0.3 is 0 Å². The standard InChI is InChI=1S/C17H16ClN3OS/c1-12-5-2-3-6-13(12)9-10-16(22)20-21-17(23)19-15-8-4-7-14(18)11-15/h2-11H,1H3,(H,20,22)(H2,19,21,23)/b10-9+. The summed E-state index contributed by atoms with van der Waals surface area (Å²) in [5.74, 6) is -0.302. The molecule has 2 aromatic rings. The molecule has 0 aliphatic carbocycles. The smallest absolute Gasteiger partial charge is 0.262 e. The topological polar surface area (TPSA) is 53.2 Å². The molecule has 23 heavy (non-hydrogen) atoms. The molecule has 0 radical (unpaired) electrons. The Morgan fingerprint density at radius 2 is 1.91 bits per heavy atom. The number of carbonyl (C=O) groups is 1. The molecule has 2 aromatic carbocycles. The molecule has 3 N–H and O–H groups in total. The highest BCUT2D eigenvalue weighted by atomic mass is 35.5. The van der Waals surface area contributed by atoms with Crippen LogP contribution in [0.5, 0.6) is 0 Å². The van der Waals surface area contributed by atoms with Crippen molar-refractivity contribution < 1.29 is 4.79 Å². The fraction of sp³-hybridized carbons (Fsp3) is 0.0588. The number of thiocarbonyl (C=S) groups is 1. The molecule has 0 saturated heterocycles. The second kappa shape index (κ2) is 8.31. The third-order valence-corrected chi connectivity index (χ3v) is 3.42. The fourth-order valence-electron chi connectivity index (χ4n) is 1.83. The first-order valence-electron chi connectivity index (χ1n) is 6.91. The molecular formula is C17H16ClN3OS. The van der Waals surface area contributed by atoms with Gasteiger partial charge in [-0.3, -0.25) is 15.6 Å². The Labute approximate surface area is 145 Å². The molecule has 0 spiro atoms. The molecular weight excluding hydrogens is 330 g/mol. The van der Waals surface area contributed by atoms with E-state index in [9.17, 15) is 4.79 Å². The van der Waals surface area contributed by atoms with Gasteiger partial charge in [0.05, 0.1) is 0 Å². The number of nitrogens with one attached hydrogen (secondary N) is 3. The summed E-state index contributed by atoms with van der Waals surface area (Å²) < 4.78 is 0. The summed E-state index contributed by atoms with van der Waals surface area (Å²) in [6.07, 6.45) is 3.19. The van der Waals surface area contributed by atoms with Gasteiger partial charge in [0.15, 0.2) is 5.11 Å². The van der Waals surface area contributed by atoms with Crippen LogP contribution in [0, 0.1) is 6.92 Å². The van der Waals surface area contributed by atoms with E-state index < -0.39 is 0 Å². The van der Waals surface area contributed by atoms with E-state index in [2.05, 4.69) is 16.2 Å². The van der Waals surface area contributed by atoms with Gasteiger partial charge in [-0.05, 0) is 54.5 Å². The van der Waals surface area contributed by atoms with Crippen LogP contribution in [-0.4, -0.2) is 11.0 Å². The number of halogens is 1. The second-order valence-corrected chi connectivity index (χ2v) is 5.61. The lowest BCUT2D eigenvalue weighted by Gasteiger charge is -2.10. The molecule has 0 fully saturated rings. The summed E-state index contributed by atoms with van der Waals surface area (Å²) in [7, 11) is 0. The minimum Gasteiger partial charge on any atom is -0.331 e. The number of aryl methyl sites for hydroxylation is 1. The van der Waals surface area contributed by atoms with Crippen molar-refractivity contribution in [3.8, 4) is 0 Å². The molecule has 118 valence electrons. The number of carbonyl (C=O) groups excluding carboxylic acids is 1. The first-order valence-corrected chi connectivity index (χ1v) is 7.69. The van der Waals surface area contributed by atoms with Crippen LogP contribution in [0.15, 0.2) is 54.6 Å². The molecule has 0 atom stereocenters. The van der Waals surface area contributed by atoms with Crippen LogP contribution in [0.2, 0.25) is 5.02 Å². The number of anilines is 1. The number of benzene rings is 2. The molecule has 2 rings (SSSR count). The average molecular weight is 346 g/mol. The Balaban J connectivity index is 1.82. The zero-order chi connectivity index (χ0) is 16.7. The van der Waals surface area contributed by atoms with Crippen LogP contribution in [0.3, 0.4) is 0 Å². The van der Waals surface area contributed by atoms with E-state index in [1.807, 2.05) is 37.3 Å². The van der Waals surface area contributed by atoms with E-state index in [1.165, 1.54) is 6.08 Å². The molecule has 0 unspecified atom stereocenters. The van der Waals surface area contributed by atoms with Crippen LogP contribution in [0.4, 0.5) is 5.69 Å². The van der Waals surface area contributed by atoms with Crippen molar-refractivity contribution in [3.05, 3.63) is 70.8 Å².